The van der Waals surface area contributed by atoms with Crippen LogP contribution in [0.3, 0.4) is 0 Å². The number of nitrogens with zero attached hydrogens (tertiary/aromatic N) is 3. The predicted octanol–water partition coefficient (Wildman–Crippen LogP) is 5.37. The van der Waals surface area contributed by atoms with Gasteiger partial charge in [-0.2, -0.15) is 0 Å². The fraction of sp³-hybridized carbons (Fsp3) is 0.444. The SMILES string of the molecule is CC(C)c1ccccc1NC(=O)CSc1nc2ccccc2c(=O)n1CCN(C(C)C)C(C)C. The number of benzene rings is 2. The van der Waals surface area contributed by atoms with Crippen LogP contribution in [0.2, 0.25) is 0 Å². The zero-order chi connectivity index (χ0) is 24.8. The van der Waals surface area contributed by atoms with Gasteiger partial charge in [-0.15, -0.1) is 0 Å². The van der Waals surface area contributed by atoms with Gasteiger partial charge in [0, 0.05) is 30.9 Å². The van der Waals surface area contributed by atoms with E-state index >= 15 is 0 Å². The third kappa shape index (κ3) is 6.27. The molecule has 0 saturated heterocycles. The fourth-order valence-corrected chi connectivity index (χ4v) is 5.04. The number of aromatic nitrogens is 2. The van der Waals surface area contributed by atoms with Crippen LogP contribution in [0.5, 0.6) is 0 Å². The molecular weight excluding hydrogens is 444 g/mol. The van der Waals surface area contributed by atoms with Crippen LogP contribution in [0, 0.1) is 0 Å². The molecule has 1 amide bonds. The average molecular weight is 481 g/mol. The molecule has 0 aliphatic heterocycles. The minimum absolute atomic E-state index is 0.0638. The third-order valence-electron chi connectivity index (χ3n) is 5.92. The van der Waals surface area contributed by atoms with E-state index in [0.29, 0.717) is 40.6 Å². The van der Waals surface area contributed by atoms with Crippen molar-refractivity contribution in [3.8, 4) is 0 Å². The molecule has 3 aromatic rings. The van der Waals surface area contributed by atoms with E-state index in [0.717, 1.165) is 17.8 Å². The van der Waals surface area contributed by atoms with Gasteiger partial charge in [-0.25, -0.2) is 4.98 Å². The van der Waals surface area contributed by atoms with Crippen LogP contribution < -0.4 is 10.9 Å². The molecule has 0 radical (unpaired) electrons. The van der Waals surface area contributed by atoms with Gasteiger partial charge in [0.05, 0.1) is 16.7 Å². The molecule has 0 aliphatic rings. The topological polar surface area (TPSA) is 67.2 Å². The number of thioether (sulfide) groups is 1. The molecule has 3 rings (SSSR count). The minimum Gasteiger partial charge on any atom is -0.325 e. The lowest BCUT2D eigenvalue weighted by Crippen LogP contribution is -2.40. The van der Waals surface area contributed by atoms with Crippen molar-refractivity contribution in [2.75, 3.05) is 17.6 Å². The Morgan fingerprint density at radius 3 is 2.32 bits per heavy atom. The smallest absolute Gasteiger partial charge is 0.262 e. The van der Waals surface area contributed by atoms with Gasteiger partial charge in [0.15, 0.2) is 5.16 Å². The Hall–Kier alpha value is -2.64. The molecule has 0 saturated carbocycles. The second-order valence-electron chi connectivity index (χ2n) is 9.37. The summed E-state index contributed by atoms with van der Waals surface area (Å²) in [4.78, 5) is 33.3. The second kappa shape index (κ2) is 11.7. The standard InChI is InChI=1S/C27H36N4O2S/c1-18(2)21-11-7-9-13-23(21)28-25(32)17-34-27-29-24-14-10-8-12-22(24)26(33)31(27)16-15-30(19(3)4)20(5)6/h7-14,18-20H,15-17H2,1-6H3,(H,28,32). The van der Waals surface area contributed by atoms with Crippen LogP contribution in [0.15, 0.2) is 58.5 Å². The van der Waals surface area contributed by atoms with Gasteiger partial charge in [-0.1, -0.05) is 55.9 Å². The Morgan fingerprint density at radius 1 is 1.00 bits per heavy atom. The average Bonchev–Trinajstić information content (AvgIpc) is 2.79. The normalized spacial score (nSPS) is 11.8. The van der Waals surface area contributed by atoms with E-state index in [1.807, 2.05) is 48.5 Å². The van der Waals surface area contributed by atoms with Crippen LogP contribution >= 0.6 is 11.8 Å². The maximum Gasteiger partial charge on any atom is 0.262 e. The largest absolute Gasteiger partial charge is 0.325 e. The summed E-state index contributed by atoms with van der Waals surface area (Å²) in [6, 6.07) is 16.0. The molecule has 0 unspecified atom stereocenters. The molecule has 2 aromatic carbocycles. The number of fused-ring (bicyclic) bond motifs is 1. The molecule has 7 heteroatoms. The van der Waals surface area contributed by atoms with Crippen molar-refractivity contribution in [3.05, 3.63) is 64.4 Å². The van der Waals surface area contributed by atoms with Crippen LogP contribution in [0.1, 0.15) is 53.0 Å². The van der Waals surface area contributed by atoms with Gasteiger partial charge in [0.2, 0.25) is 5.91 Å². The minimum atomic E-state index is -0.113. The van der Waals surface area contributed by atoms with Crippen molar-refractivity contribution >= 4 is 34.3 Å². The van der Waals surface area contributed by atoms with Crippen molar-refractivity contribution in [3.63, 3.8) is 0 Å². The van der Waals surface area contributed by atoms with Crippen molar-refractivity contribution < 1.29 is 4.79 Å². The Labute approximate surface area is 206 Å². The molecule has 6 nitrogen and oxygen atoms in total. The molecule has 0 aliphatic carbocycles. The summed E-state index contributed by atoms with van der Waals surface area (Å²) >= 11 is 1.31. The quantitative estimate of drug-likeness (QED) is 0.312. The van der Waals surface area contributed by atoms with E-state index in [9.17, 15) is 9.59 Å². The zero-order valence-corrected chi connectivity index (χ0v) is 21.9. The maximum absolute atomic E-state index is 13.3. The molecule has 0 bridgehead atoms. The number of amides is 1. The first-order valence-corrected chi connectivity index (χ1v) is 12.9. The summed E-state index contributed by atoms with van der Waals surface area (Å²) in [5.74, 6) is 0.370. The number of hydrogen-bond donors (Lipinski definition) is 1. The summed E-state index contributed by atoms with van der Waals surface area (Å²) in [5.41, 5.74) is 2.52. The third-order valence-corrected chi connectivity index (χ3v) is 6.90. The van der Waals surface area contributed by atoms with E-state index in [4.69, 9.17) is 4.98 Å². The molecule has 0 atom stereocenters. The lowest BCUT2D eigenvalue weighted by molar-refractivity contribution is -0.113. The molecule has 34 heavy (non-hydrogen) atoms. The van der Waals surface area contributed by atoms with Gasteiger partial charge < -0.3 is 5.32 Å². The van der Waals surface area contributed by atoms with E-state index < -0.39 is 0 Å². The summed E-state index contributed by atoms with van der Waals surface area (Å²) in [7, 11) is 0. The van der Waals surface area contributed by atoms with E-state index in [-0.39, 0.29) is 17.2 Å². The van der Waals surface area contributed by atoms with Crippen molar-refractivity contribution in [1.82, 2.24) is 14.5 Å². The number of para-hydroxylation sites is 2. The Kier molecular flexibility index (Phi) is 8.91. The lowest BCUT2D eigenvalue weighted by Gasteiger charge is -2.30. The van der Waals surface area contributed by atoms with Crippen LogP contribution in [-0.4, -0.2) is 44.7 Å². The number of carbonyl (C=O) groups is 1. The highest BCUT2D eigenvalue weighted by molar-refractivity contribution is 7.99. The monoisotopic (exact) mass is 480 g/mol. The van der Waals surface area contributed by atoms with Gasteiger partial charge in [-0.05, 0) is 57.4 Å². The zero-order valence-electron chi connectivity index (χ0n) is 21.0. The van der Waals surface area contributed by atoms with Gasteiger partial charge >= 0.3 is 0 Å². The first kappa shape index (κ1) is 26.0. The van der Waals surface area contributed by atoms with Crippen LogP contribution in [0.4, 0.5) is 5.69 Å². The lowest BCUT2D eigenvalue weighted by atomic mass is 10.0. The molecule has 0 spiro atoms. The highest BCUT2D eigenvalue weighted by atomic mass is 32.2. The summed E-state index contributed by atoms with van der Waals surface area (Å²) in [6.07, 6.45) is 0. The maximum atomic E-state index is 13.3. The second-order valence-corrected chi connectivity index (χ2v) is 10.3. The number of carbonyl (C=O) groups excluding carboxylic acids is 1. The number of rotatable bonds is 10. The molecule has 0 fully saturated rings. The summed E-state index contributed by atoms with van der Waals surface area (Å²) in [5, 5.41) is 4.20. The molecule has 182 valence electrons. The summed E-state index contributed by atoms with van der Waals surface area (Å²) < 4.78 is 1.72. The van der Waals surface area contributed by atoms with E-state index in [1.165, 1.54) is 11.8 Å². The van der Waals surface area contributed by atoms with E-state index in [1.54, 1.807) is 4.57 Å². The Bertz CT molecular complexity index is 1180. The first-order valence-electron chi connectivity index (χ1n) is 12.0. The molecule has 1 aromatic heterocycles. The van der Waals surface area contributed by atoms with Crippen molar-refractivity contribution in [2.24, 2.45) is 0 Å². The van der Waals surface area contributed by atoms with Gasteiger partial charge in [-0.3, -0.25) is 19.1 Å². The van der Waals surface area contributed by atoms with Crippen molar-refractivity contribution in [2.45, 2.75) is 71.2 Å². The highest BCUT2D eigenvalue weighted by Gasteiger charge is 2.18. The van der Waals surface area contributed by atoms with Crippen LogP contribution in [0.25, 0.3) is 10.9 Å². The summed E-state index contributed by atoms with van der Waals surface area (Å²) in [6.45, 7) is 14.1. The molecule has 1 N–H and O–H groups in total. The van der Waals surface area contributed by atoms with Crippen LogP contribution in [-0.2, 0) is 11.3 Å². The Balaban J connectivity index is 1.84. The number of nitrogens with one attached hydrogen (secondary N) is 1. The Morgan fingerprint density at radius 2 is 1.65 bits per heavy atom. The van der Waals surface area contributed by atoms with Crippen molar-refractivity contribution in [1.29, 1.82) is 0 Å². The van der Waals surface area contributed by atoms with Gasteiger partial charge in [0.25, 0.3) is 5.56 Å². The van der Waals surface area contributed by atoms with E-state index in [2.05, 4.69) is 51.8 Å². The first-order chi connectivity index (χ1) is 16.2. The number of anilines is 1. The number of hydrogen-bond acceptors (Lipinski definition) is 5. The van der Waals surface area contributed by atoms with Gasteiger partial charge in [0.1, 0.15) is 0 Å². The predicted molar refractivity (Wildman–Crippen MR) is 143 cm³/mol. The fourth-order valence-electron chi connectivity index (χ4n) is 4.21. The molecular formula is C27H36N4O2S. The highest BCUT2D eigenvalue weighted by Crippen LogP contribution is 2.24. The molecule has 1 heterocycles.